The molecule has 0 bridgehead atoms. The summed E-state index contributed by atoms with van der Waals surface area (Å²) < 4.78 is 196. The molecule has 14 aromatic carbocycles. The van der Waals surface area contributed by atoms with Gasteiger partial charge in [-0.15, -0.1) is 0 Å². The third kappa shape index (κ3) is 21.0. The van der Waals surface area contributed by atoms with Crippen molar-refractivity contribution in [2.75, 3.05) is 0 Å². The third-order valence-corrected chi connectivity index (χ3v) is 34.2. The molecule has 0 aliphatic heterocycles. The second-order valence-corrected chi connectivity index (χ2v) is 44.9. The first-order chi connectivity index (χ1) is 67.8. The molecule has 14 aromatic rings. The van der Waals surface area contributed by atoms with E-state index in [9.17, 15) is 61.5 Å². The van der Waals surface area contributed by atoms with Gasteiger partial charge in [-0.3, -0.25) is 0 Å². The molecule has 0 nitrogen and oxygen atoms in total. The van der Waals surface area contributed by atoms with E-state index in [0.717, 1.165) is 215 Å². The van der Waals surface area contributed by atoms with Crippen molar-refractivity contribution in [1.29, 1.82) is 0 Å². The van der Waals surface area contributed by atoms with Crippen molar-refractivity contribution in [3.8, 4) is 0 Å². The monoisotopic (exact) mass is 1940 g/mol. The first-order valence-electron chi connectivity index (χ1n) is 52.7. The quantitative estimate of drug-likeness (QED) is 0.133. The Labute approximate surface area is 831 Å². The van der Waals surface area contributed by atoms with Gasteiger partial charge in [-0.05, 0) is 473 Å². The Bertz CT molecular complexity index is 7170. The summed E-state index contributed by atoms with van der Waals surface area (Å²) in [7, 11) is 0. The van der Waals surface area contributed by atoms with Gasteiger partial charge in [0.05, 0.1) is 16.2 Å². The van der Waals surface area contributed by atoms with E-state index < -0.39 is 58.2 Å². The lowest BCUT2D eigenvalue weighted by atomic mass is 9.65. The van der Waals surface area contributed by atoms with Crippen molar-refractivity contribution in [3.63, 3.8) is 0 Å². The largest absolute Gasteiger partial charge is 0.207 e. The van der Waals surface area contributed by atoms with E-state index in [0.29, 0.717) is 87.1 Å². The Balaban J connectivity index is 0.000000112. The Morgan fingerprint density at radius 2 is 0.570 bits per heavy atom. The zero-order chi connectivity index (χ0) is 101. The summed E-state index contributed by atoms with van der Waals surface area (Å²) in [6.07, 6.45) is 29.4. The van der Waals surface area contributed by atoms with Crippen molar-refractivity contribution in [1.82, 2.24) is 0 Å². The average molecular weight is 1940 g/mol. The zero-order valence-electron chi connectivity index (χ0n) is 85.7. The second-order valence-electron chi connectivity index (χ2n) is 44.9. The minimum Gasteiger partial charge on any atom is -0.207 e. The highest BCUT2D eigenvalue weighted by Crippen LogP contribution is 2.51. The van der Waals surface area contributed by atoms with Crippen LogP contribution in [0.2, 0.25) is 0 Å². The van der Waals surface area contributed by atoms with Crippen LogP contribution in [-0.2, 0) is 89.9 Å². The van der Waals surface area contributed by atoms with Crippen LogP contribution in [0.4, 0.5) is 61.5 Å². The van der Waals surface area contributed by atoms with Crippen molar-refractivity contribution in [2.45, 2.75) is 302 Å². The molecule has 2 fully saturated rings. The van der Waals surface area contributed by atoms with Crippen LogP contribution in [-0.4, -0.2) is 0 Å². The number of fused-ring (bicyclic) bond motifs is 24. The summed E-state index contributed by atoms with van der Waals surface area (Å²) in [4.78, 5) is 0. The van der Waals surface area contributed by atoms with Crippen LogP contribution in [0.5, 0.6) is 0 Å². The summed E-state index contributed by atoms with van der Waals surface area (Å²) in [5.74, 6) is 1.02. The van der Waals surface area contributed by atoms with Gasteiger partial charge >= 0.3 is 0 Å². The van der Waals surface area contributed by atoms with Crippen LogP contribution in [0.25, 0.3) is 64.6 Å². The SMILES string of the molecule is Cc1c(F)cc2c(c1F)CCC1CC(C)CCC21.Cc1c(F)cc2c3c(cc(F)c2c1F)CC(C)CC3.Cc1c(F)cc2c3c(ccc2c1F)CC(C)CC3.Cc1ccc2c(c1F)CCC1CC(C)CCC21.Cc1ccc2c3c(c(F)c(F)c2c1F)CC(C)CC3.Cc1ccc2c3c(cc(F)c2c1F)CC(C)CC3.Cc1ccc2c3c(ccc2c1)CC(C)CC3.Cc1ccc2c3c(ccc2c1F)CC(C)CC3. The van der Waals surface area contributed by atoms with E-state index in [1.807, 2.05) is 51.1 Å². The predicted octanol–water partition coefficient (Wildman–Crippen LogP) is 36.5. The van der Waals surface area contributed by atoms with Crippen LogP contribution in [0.3, 0.4) is 0 Å². The van der Waals surface area contributed by atoms with Crippen LogP contribution in [0.1, 0.15) is 291 Å². The van der Waals surface area contributed by atoms with Gasteiger partial charge in [0.1, 0.15) is 69.8 Å². The number of benzene rings is 14. The Kier molecular flexibility index (Phi) is 31.3. The highest BCUT2D eigenvalue weighted by atomic mass is 19.2. The van der Waals surface area contributed by atoms with Crippen LogP contribution < -0.4 is 0 Å². The molecular formula is C128H138F14. The van der Waals surface area contributed by atoms with Gasteiger partial charge in [0, 0.05) is 27.5 Å². The molecule has 748 valence electrons. The van der Waals surface area contributed by atoms with E-state index in [4.69, 9.17) is 0 Å². The highest BCUT2D eigenvalue weighted by Gasteiger charge is 2.39. The lowest BCUT2D eigenvalue weighted by molar-refractivity contribution is 0.219. The summed E-state index contributed by atoms with van der Waals surface area (Å²) >= 11 is 0. The summed E-state index contributed by atoms with van der Waals surface area (Å²) in [6, 6.07) is 41.8. The van der Waals surface area contributed by atoms with Crippen LogP contribution in [0, 0.1) is 196 Å². The number of halogens is 14. The zero-order valence-corrected chi connectivity index (χ0v) is 85.7. The summed E-state index contributed by atoms with van der Waals surface area (Å²) in [5.41, 5.74) is 21.7. The number of rotatable bonds is 0. The molecule has 0 radical (unpaired) electrons. The molecule has 142 heavy (non-hydrogen) atoms. The van der Waals surface area contributed by atoms with E-state index in [2.05, 4.69) is 104 Å². The molecule has 2 saturated carbocycles. The fourth-order valence-electron chi connectivity index (χ4n) is 25.7. The van der Waals surface area contributed by atoms with Gasteiger partial charge in [0.2, 0.25) is 0 Å². The molecule has 14 heteroatoms. The first kappa shape index (κ1) is 103. The maximum absolute atomic E-state index is 14.2. The Hall–Kier alpha value is -10.3. The first-order valence-corrected chi connectivity index (χ1v) is 52.7. The molecule has 0 spiro atoms. The predicted molar refractivity (Wildman–Crippen MR) is 556 cm³/mol. The van der Waals surface area contributed by atoms with Crippen molar-refractivity contribution < 1.29 is 61.5 Å². The van der Waals surface area contributed by atoms with E-state index in [1.165, 1.54) is 141 Å². The lowest BCUT2D eigenvalue weighted by Gasteiger charge is -2.40. The summed E-state index contributed by atoms with van der Waals surface area (Å²) in [6.45, 7) is 31.3. The number of hydrogen-bond acceptors (Lipinski definition) is 0. The van der Waals surface area contributed by atoms with Gasteiger partial charge < -0.3 is 0 Å². The van der Waals surface area contributed by atoms with Gasteiger partial charge in [-0.1, -0.05) is 177 Å². The van der Waals surface area contributed by atoms with Gasteiger partial charge in [0.25, 0.3) is 0 Å². The van der Waals surface area contributed by atoms with Crippen LogP contribution >= 0.6 is 0 Å². The maximum Gasteiger partial charge on any atom is 0.169 e. The molecule has 10 aliphatic rings. The number of hydrogen-bond donors (Lipinski definition) is 0. The number of aryl methyl sites for hydroxylation is 11. The fraction of sp³-hybridized carbons (Fsp3) is 0.438. The summed E-state index contributed by atoms with van der Waals surface area (Å²) in [5, 5.41) is 7.74. The third-order valence-electron chi connectivity index (χ3n) is 34.2. The molecule has 12 unspecified atom stereocenters. The molecule has 0 heterocycles. The smallest absolute Gasteiger partial charge is 0.169 e. The van der Waals surface area contributed by atoms with Crippen molar-refractivity contribution >= 4 is 64.6 Å². The molecule has 12 atom stereocenters. The maximum atomic E-state index is 14.2. The van der Waals surface area contributed by atoms with E-state index in [-0.39, 0.29) is 56.1 Å². The second kappa shape index (κ2) is 43.1. The molecule has 0 N–H and O–H groups in total. The van der Waals surface area contributed by atoms with Crippen molar-refractivity contribution in [2.24, 2.45) is 59.2 Å². The van der Waals surface area contributed by atoms with E-state index >= 15 is 0 Å². The standard InChI is InChI=1S/2C16H15F3.C16H20F2.2C16H16F2.C16H21F.C16H17F.C16H18/c1-8-3-5-10-11-6-4-9(2)14(17)13(11)16(19)15(18)12(10)7-8;1-8-3-4-11-10(5-8)6-14(18)15-12(11)7-13(17)9(2)16(15)19;2*1-9-3-5-12-11(7-9)4-6-13-14(12)8-15(17)10(2)16(13)18;1-9-3-5-12-11(7-9)8-14(17)15-13(12)6-4-10(2)16(15)18;2*1-10-3-6-13-12(9-10)5-8-15-14(13)7-4-11(2)16(15)17;1-11-3-7-15-13(9-11)5-6-14-10-12(2)4-8-16(14)15/h4,6,8H,3,5,7H2,1-2H3;6-8H,3-5H2,1-2H3;8-9,11-12H,3-7H2,1-2H3;2*4,6,8-9H,3,5,7H2,1-2H3;4,7,10,12-13H,3,5-6,8-9H2,1-2H3;4-5,7-8,10H,3,6,9H2,1-2H3;3,5-7,9,12H,4,8,10H2,1-2H3. The Morgan fingerprint density at radius 1 is 0.204 bits per heavy atom. The normalized spacial score (nSPS) is 22.1. The van der Waals surface area contributed by atoms with E-state index in [1.54, 1.807) is 62.2 Å². The van der Waals surface area contributed by atoms with Gasteiger partial charge in [0.15, 0.2) is 11.6 Å². The molecule has 0 amide bonds. The molecular weight excluding hydrogens is 1800 g/mol. The topological polar surface area (TPSA) is 0 Å². The van der Waals surface area contributed by atoms with Crippen LogP contribution in [0.15, 0.2) is 133 Å². The van der Waals surface area contributed by atoms with Gasteiger partial charge in [-0.2, -0.15) is 0 Å². The molecule has 24 rings (SSSR count). The Morgan fingerprint density at radius 3 is 1.11 bits per heavy atom. The van der Waals surface area contributed by atoms with Gasteiger partial charge in [-0.25, -0.2) is 61.5 Å². The minimum absolute atomic E-state index is 0.0519. The molecule has 0 saturated heterocycles. The molecule has 10 aliphatic carbocycles. The molecule has 0 aromatic heterocycles. The average Bonchev–Trinajstić information content (AvgIpc) is 0.695. The fourth-order valence-corrected chi connectivity index (χ4v) is 25.7. The highest BCUT2D eigenvalue weighted by molar-refractivity contribution is 5.93. The van der Waals surface area contributed by atoms with Crippen molar-refractivity contribution in [3.05, 3.63) is 348 Å². The minimum atomic E-state index is -1.04. The lowest BCUT2D eigenvalue weighted by Crippen LogP contribution is -2.28.